The predicted molar refractivity (Wildman–Crippen MR) is 158 cm³/mol. The number of rotatable bonds is 6. The van der Waals surface area contributed by atoms with Crippen molar-refractivity contribution < 1.29 is 5.11 Å². The monoisotopic (exact) mass is 474 g/mol. The van der Waals surface area contributed by atoms with Crippen LogP contribution in [0.4, 0.5) is 0 Å². The Kier molecular flexibility index (Phi) is 12.9. The van der Waals surface area contributed by atoms with Crippen molar-refractivity contribution in [2.45, 2.75) is 33.6 Å². The van der Waals surface area contributed by atoms with Gasteiger partial charge in [0, 0.05) is 0 Å². The van der Waals surface area contributed by atoms with E-state index in [9.17, 15) is 0 Å². The minimum Gasteiger partial charge on any atom is -0.509 e. The molecule has 0 aliphatic heterocycles. The first-order valence-corrected chi connectivity index (χ1v) is 12.5. The smallest absolute Gasteiger partial charge is 0.108 e. The van der Waals surface area contributed by atoms with Crippen LogP contribution in [0.2, 0.25) is 0 Å². The first-order valence-electron chi connectivity index (χ1n) is 12.5. The highest BCUT2D eigenvalue weighted by atomic mass is 16.3. The number of aliphatic hydroxyl groups excluding tert-OH is 1. The quantitative estimate of drug-likeness (QED) is 0.218. The standard InChI is InChI=1S/C25H20.C7H10O.C3H8/c1-3-7-22(8-4-1)24-15-11-20(12-16-24)19-21-13-17-25(18-14-21)23-9-5-2-6-10-23;1-3-4-5-6-7(2)8;1-3-2/h1-18H,19H2;3-6,8H,2H2,1H3;3H2,1-2H3/b;4-3-,6-5-;. The molecule has 0 aliphatic carbocycles. The third-order valence-electron chi connectivity index (χ3n) is 5.12. The van der Waals surface area contributed by atoms with Crippen LogP contribution in [0.5, 0.6) is 0 Å². The molecule has 4 rings (SSSR count). The molecule has 0 aliphatic rings. The minimum absolute atomic E-state index is 0.0862. The lowest BCUT2D eigenvalue weighted by Crippen LogP contribution is -1.88. The SMILES string of the molecule is C=C(O)/C=C\C=C/C.CCC.c1ccc(-c2ccc(Cc3ccc(-c4ccccc4)cc3)cc2)cc1. The molecule has 1 N–H and O–H groups in total. The zero-order valence-electron chi connectivity index (χ0n) is 21.8. The predicted octanol–water partition coefficient (Wildman–Crippen LogP) is 10.2. The number of aliphatic hydroxyl groups is 1. The van der Waals surface area contributed by atoms with Gasteiger partial charge in [-0.05, 0) is 52.8 Å². The van der Waals surface area contributed by atoms with Crippen molar-refractivity contribution in [2.75, 3.05) is 0 Å². The molecule has 0 atom stereocenters. The van der Waals surface area contributed by atoms with E-state index < -0.39 is 0 Å². The second kappa shape index (κ2) is 16.5. The molecule has 0 amide bonds. The van der Waals surface area contributed by atoms with Crippen molar-refractivity contribution in [1.29, 1.82) is 0 Å². The van der Waals surface area contributed by atoms with E-state index in [1.54, 1.807) is 6.08 Å². The van der Waals surface area contributed by atoms with E-state index in [0.29, 0.717) is 0 Å². The second-order valence-corrected chi connectivity index (χ2v) is 8.39. The second-order valence-electron chi connectivity index (χ2n) is 8.39. The maximum atomic E-state index is 8.46. The summed E-state index contributed by atoms with van der Waals surface area (Å²) in [6, 6.07) is 38.8. The average Bonchev–Trinajstić information content (AvgIpc) is 2.91. The molecule has 0 bridgehead atoms. The number of benzene rings is 4. The van der Waals surface area contributed by atoms with Gasteiger partial charge in [-0.15, -0.1) is 0 Å². The van der Waals surface area contributed by atoms with Crippen LogP contribution in [0.25, 0.3) is 22.3 Å². The van der Waals surface area contributed by atoms with Gasteiger partial charge in [-0.2, -0.15) is 0 Å². The lowest BCUT2D eigenvalue weighted by Gasteiger charge is -2.07. The Morgan fingerprint density at radius 1 is 0.611 bits per heavy atom. The summed E-state index contributed by atoms with van der Waals surface area (Å²) in [7, 11) is 0. The number of allylic oxidation sites excluding steroid dienone is 4. The Labute approximate surface area is 217 Å². The Hall–Kier alpha value is -4.10. The zero-order valence-corrected chi connectivity index (χ0v) is 21.8. The molecular weight excluding hydrogens is 436 g/mol. The Bertz CT molecular complexity index is 1100. The summed E-state index contributed by atoms with van der Waals surface area (Å²) >= 11 is 0. The van der Waals surface area contributed by atoms with Crippen molar-refractivity contribution in [2.24, 2.45) is 0 Å². The van der Waals surface area contributed by atoms with Gasteiger partial charge in [-0.25, -0.2) is 0 Å². The van der Waals surface area contributed by atoms with E-state index in [1.165, 1.54) is 45.9 Å². The summed E-state index contributed by atoms with van der Waals surface area (Å²) < 4.78 is 0. The molecule has 0 aromatic heterocycles. The molecule has 0 saturated carbocycles. The summed E-state index contributed by atoms with van der Waals surface area (Å²) in [6.45, 7) is 9.42. The summed E-state index contributed by atoms with van der Waals surface area (Å²) in [4.78, 5) is 0. The molecule has 1 heteroatoms. The molecule has 0 radical (unpaired) electrons. The van der Waals surface area contributed by atoms with Gasteiger partial charge in [0.05, 0.1) is 0 Å². The van der Waals surface area contributed by atoms with E-state index in [0.717, 1.165) is 6.42 Å². The average molecular weight is 475 g/mol. The zero-order chi connectivity index (χ0) is 26.0. The normalized spacial score (nSPS) is 10.3. The first kappa shape index (κ1) is 28.1. The minimum atomic E-state index is 0.0862. The van der Waals surface area contributed by atoms with Crippen LogP contribution in [-0.2, 0) is 6.42 Å². The topological polar surface area (TPSA) is 20.2 Å². The highest BCUT2D eigenvalue weighted by Gasteiger charge is 2.01. The van der Waals surface area contributed by atoms with Crippen LogP contribution in [0, 0.1) is 0 Å². The Morgan fingerprint density at radius 3 is 1.31 bits per heavy atom. The van der Waals surface area contributed by atoms with E-state index in [1.807, 2.05) is 19.1 Å². The Balaban J connectivity index is 0.000000352. The molecule has 0 unspecified atom stereocenters. The summed E-state index contributed by atoms with van der Waals surface area (Å²) in [5, 5.41) is 8.46. The third-order valence-corrected chi connectivity index (χ3v) is 5.12. The van der Waals surface area contributed by atoms with Gasteiger partial charge in [-0.3, -0.25) is 0 Å². The molecule has 184 valence electrons. The Morgan fingerprint density at radius 2 is 0.972 bits per heavy atom. The van der Waals surface area contributed by atoms with Gasteiger partial charge >= 0.3 is 0 Å². The van der Waals surface area contributed by atoms with Gasteiger partial charge in [0.2, 0.25) is 0 Å². The molecule has 0 heterocycles. The fourth-order valence-electron chi connectivity index (χ4n) is 3.40. The fraction of sp³-hybridized carbons (Fsp3) is 0.143. The molecule has 36 heavy (non-hydrogen) atoms. The maximum Gasteiger partial charge on any atom is 0.108 e. The largest absolute Gasteiger partial charge is 0.509 e. The van der Waals surface area contributed by atoms with Gasteiger partial charge in [-0.1, -0.05) is 154 Å². The van der Waals surface area contributed by atoms with Gasteiger partial charge in [0.15, 0.2) is 0 Å². The lowest BCUT2D eigenvalue weighted by molar-refractivity contribution is 0.435. The van der Waals surface area contributed by atoms with Crippen molar-refractivity contribution >= 4 is 0 Å². The van der Waals surface area contributed by atoms with Crippen LogP contribution >= 0.6 is 0 Å². The van der Waals surface area contributed by atoms with Gasteiger partial charge in [0.25, 0.3) is 0 Å². The van der Waals surface area contributed by atoms with E-state index in [-0.39, 0.29) is 5.76 Å². The third kappa shape index (κ3) is 10.4. The summed E-state index contributed by atoms with van der Waals surface area (Å²) in [5.74, 6) is 0.0862. The van der Waals surface area contributed by atoms with E-state index >= 15 is 0 Å². The molecule has 0 saturated heterocycles. The van der Waals surface area contributed by atoms with Crippen LogP contribution in [-0.4, -0.2) is 5.11 Å². The van der Waals surface area contributed by atoms with E-state index in [2.05, 4.69) is 130 Å². The van der Waals surface area contributed by atoms with Crippen molar-refractivity contribution in [3.63, 3.8) is 0 Å². The van der Waals surface area contributed by atoms with Gasteiger partial charge in [0.1, 0.15) is 5.76 Å². The highest BCUT2D eigenvalue weighted by Crippen LogP contribution is 2.22. The van der Waals surface area contributed by atoms with Crippen molar-refractivity contribution in [1.82, 2.24) is 0 Å². The van der Waals surface area contributed by atoms with Crippen LogP contribution in [0.1, 0.15) is 38.3 Å². The summed E-state index contributed by atoms with van der Waals surface area (Å²) in [6.07, 6.45) is 9.16. The molecule has 0 spiro atoms. The van der Waals surface area contributed by atoms with Crippen LogP contribution in [0.15, 0.2) is 146 Å². The summed E-state index contributed by atoms with van der Waals surface area (Å²) in [5.41, 5.74) is 7.74. The lowest BCUT2D eigenvalue weighted by atomic mass is 9.98. The van der Waals surface area contributed by atoms with E-state index in [4.69, 9.17) is 5.11 Å². The fourth-order valence-corrected chi connectivity index (χ4v) is 3.40. The van der Waals surface area contributed by atoms with Crippen molar-refractivity contribution in [3.05, 3.63) is 157 Å². The molecule has 4 aromatic carbocycles. The highest BCUT2D eigenvalue weighted by molar-refractivity contribution is 5.64. The molecular formula is C35H38O. The van der Waals surface area contributed by atoms with Crippen LogP contribution in [0.3, 0.4) is 0 Å². The maximum absolute atomic E-state index is 8.46. The van der Waals surface area contributed by atoms with Gasteiger partial charge < -0.3 is 5.11 Å². The van der Waals surface area contributed by atoms with Crippen molar-refractivity contribution in [3.8, 4) is 22.3 Å². The van der Waals surface area contributed by atoms with Crippen LogP contribution < -0.4 is 0 Å². The number of hydrogen-bond donors (Lipinski definition) is 1. The molecule has 1 nitrogen and oxygen atoms in total. The number of hydrogen-bond acceptors (Lipinski definition) is 1. The molecule has 4 aromatic rings. The molecule has 0 fully saturated rings. The first-order chi connectivity index (χ1) is 17.6.